The second-order valence-electron chi connectivity index (χ2n) is 9.26. The summed E-state index contributed by atoms with van der Waals surface area (Å²) in [6, 6.07) is 7.53. The molecular weight excluding hydrogens is 432 g/mol. The van der Waals surface area contributed by atoms with Crippen LogP contribution in [0.3, 0.4) is 0 Å². The van der Waals surface area contributed by atoms with Crippen molar-refractivity contribution in [2.75, 3.05) is 33.0 Å². The molecule has 0 radical (unpaired) electrons. The average Bonchev–Trinajstić information content (AvgIpc) is 3.42. The van der Waals surface area contributed by atoms with Gasteiger partial charge in [-0.1, -0.05) is 11.8 Å². The van der Waals surface area contributed by atoms with E-state index in [0.717, 1.165) is 28.5 Å². The number of pyridine rings is 1. The van der Waals surface area contributed by atoms with Gasteiger partial charge in [0.15, 0.2) is 0 Å². The van der Waals surface area contributed by atoms with Gasteiger partial charge in [0, 0.05) is 37.1 Å². The van der Waals surface area contributed by atoms with Crippen molar-refractivity contribution < 1.29 is 19.0 Å². The van der Waals surface area contributed by atoms with Crippen molar-refractivity contribution in [3.05, 3.63) is 47.8 Å². The first-order valence-corrected chi connectivity index (χ1v) is 11.2. The Bertz CT molecular complexity index is 1260. The number of anilines is 1. The van der Waals surface area contributed by atoms with E-state index in [1.54, 1.807) is 31.4 Å². The fraction of sp³-hybridized carbons (Fsp3) is 0.385. The first-order valence-electron chi connectivity index (χ1n) is 11.2. The lowest BCUT2D eigenvalue weighted by atomic mass is 10.1. The number of ether oxygens (including phenoxy) is 3. The minimum absolute atomic E-state index is 0.0873. The van der Waals surface area contributed by atoms with Gasteiger partial charge < -0.3 is 29.4 Å². The summed E-state index contributed by atoms with van der Waals surface area (Å²) in [4.78, 5) is 18.6. The molecule has 34 heavy (non-hydrogen) atoms. The maximum atomic E-state index is 12.5. The van der Waals surface area contributed by atoms with Gasteiger partial charge in [-0.2, -0.15) is 0 Å². The SMILES string of the molecule is COc1cc(C#Cc2cn(C3CCN(C(=O)OC(C)(C)C)C3)c3ccnc(N)c23)cc(OC)c1. The van der Waals surface area contributed by atoms with Crippen LogP contribution in [0.15, 0.2) is 36.7 Å². The van der Waals surface area contributed by atoms with E-state index >= 15 is 0 Å². The Morgan fingerprint density at radius 2 is 1.85 bits per heavy atom. The minimum atomic E-state index is -0.527. The molecule has 8 heteroatoms. The molecule has 1 aliphatic heterocycles. The molecule has 0 aliphatic carbocycles. The Hall–Kier alpha value is -3.86. The number of nitrogens with two attached hydrogens (primary N) is 1. The molecule has 2 aromatic heterocycles. The smallest absolute Gasteiger partial charge is 0.410 e. The van der Waals surface area contributed by atoms with E-state index in [1.165, 1.54) is 0 Å². The van der Waals surface area contributed by atoms with Gasteiger partial charge in [-0.15, -0.1) is 0 Å². The van der Waals surface area contributed by atoms with E-state index in [9.17, 15) is 4.79 Å². The molecule has 3 heterocycles. The number of nitrogens with zero attached hydrogens (tertiary/aromatic N) is 3. The highest BCUT2D eigenvalue weighted by Crippen LogP contribution is 2.32. The number of amides is 1. The van der Waals surface area contributed by atoms with Crippen LogP contribution >= 0.6 is 0 Å². The first kappa shape index (κ1) is 23.3. The molecular formula is C26H30N4O4. The molecule has 4 rings (SSSR count). The molecule has 178 valence electrons. The number of hydrogen-bond acceptors (Lipinski definition) is 6. The molecule has 3 aromatic rings. The van der Waals surface area contributed by atoms with Crippen LogP contribution in [0, 0.1) is 11.8 Å². The van der Waals surface area contributed by atoms with E-state index in [1.807, 2.05) is 45.2 Å². The van der Waals surface area contributed by atoms with Gasteiger partial charge in [-0.3, -0.25) is 0 Å². The monoisotopic (exact) mass is 462 g/mol. The lowest BCUT2D eigenvalue weighted by Crippen LogP contribution is -2.35. The van der Waals surface area contributed by atoms with Crippen LogP contribution in [0.2, 0.25) is 0 Å². The Labute approximate surface area is 199 Å². The van der Waals surface area contributed by atoms with E-state index < -0.39 is 5.60 Å². The minimum Gasteiger partial charge on any atom is -0.497 e. The third-order valence-electron chi connectivity index (χ3n) is 5.68. The number of rotatable bonds is 3. The number of likely N-dealkylation sites (tertiary alicyclic amines) is 1. The van der Waals surface area contributed by atoms with Crippen molar-refractivity contribution in [1.82, 2.24) is 14.5 Å². The van der Waals surface area contributed by atoms with Crippen LogP contribution < -0.4 is 15.2 Å². The predicted octanol–water partition coefficient (Wildman–Crippen LogP) is 4.22. The van der Waals surface area contributed by atoms with Crippen LogP contribution in [0.5, 0.6) is 11.5 Å². The molecule has 8 nitrogen and oxygen atoms in total. The van der Waals surface area contributed by atoms with Crippen LogP contribution in [-0.2, 0) is 4.74 Å². The van der Waals surface area contributed by atoms with Crippen molar-refractivity contribution in [2.24, 2.45) is 0 Å². The normalized spacial score (nSPS) is 15.7. The molecule has 1 unspecified atom stereocenters. The summed E-state index contributed by atoms with van der Waals surface area (Å²) in [5.74, 6) is 8.20. The van der Waals surface area contributed by atoms with Crippen molar-refractivity contribution in [3.63, 3.8) is 0 Å². The molecule has 0 spiro atoms. The molecule has 1 atom stereocenters. The van der Waals surface area contributed by atoms with Crippen LogP contribution in [0.1, 0.15) is 44.4 Å². The van der Waals surface area contributed by atoms with Gasteiger partial charge in [-0.05, 0) is 45.4 Å². The molecule has 1 saturated heterocycles. The van der Waals surface area contributed by atoms with Crippen molar-refractivity contribution in [3.8, 4) is 23.3 Å². The summed E-state index contributed by atoms with van der Waals surface area (Å²) in [7, 11) is 3.21. The molecule has 2 N–H and O–H groups in total. The number of carbonyl (C=O) groups excluding carboxylic acids is 1. The van der Waals surface area contributed by atoms with Crippen molar-refractivity contribution in [1.29, 1.82) is 0 Å². The lowest BCUT2D eigenvalue weighted by Gasteiger charge is -2.24. The zero-order valence-electron chi connectivity index (χ0n) is 20.2. The van der Waals surface area contributed by atoms with E-state index in [2.05, 4.69) is 21.4 Å². The van der Waals surface area contributed by atoms with E-state index in [-0.39, 0.29) is 12.1 Å². The molecule has 1 aromatic carbocycles. The third kappa shape index (κ3) is 4.88. The molecule has 0 bridgehead atoms. The van der Waals surface area contributed by atoms with Gasteiger partial charge in [0.25, 0.3) is 0 Å². The average molecular weight is 463 g/mol. The first-order chi connectivity index (χ1) is 16.2. The number of methoxy groups -OCH3 is 2. The van der Waals surface area contributed by atoms with Gasteiger partial charge in [0.05, 0.1) is 36.7 Å². The van der Waals surface area contributed by atoms with Crippen molar-refractivity contribution in [2.45, 2.75) is 38.8 Å². The third-order valence-corrected chi connectivity index (χ3v) is 5.68. The molecule has 0 saturated carbocycles. The highest BCUT2D eigenvalue weighted by molar-refractivity contribution is 5.95. The summed E-state index contributed by atoms with van der Waals surface area (Å²) in [6.07, 6.45) is 4.21. The summed E-state index contributed by atoms with van der Waals surface area (Å²) in [5, 5.41) is 0.806. The number of hydrogen-bond donors (Lipinski definition) is 1. The quantitative estimate of drug-likeness (QED) is 0.586. The Morgan fingerprint density at radius 3 is 2.50 bits per heavy atom. The number of benzene rings is 1. The van der Waals surface area contributed by atoms with Gasteiger partial charge >= 0.3 is 6.09 Å². The fourth-order valence-corrected chi connectivity index (χ4v) is 4.11. The molecule has 1 fully saturated rings. The molecule has 1 aliphatic rings. The zero-order chi connectivity index (χ0) is 24.5. The standard InChI is InChI=1S/C26H30N4O4/c1-26(2,3)34-25(31)29-11-9-19(16-29)30-15-18(23-22(30)8-10-28-24(23)27)7-6-17-12-20(32-4)14-21(13-17)33-5/h8,10,12-15,19H,9,11,16H2,1-5H3,(H2,27,28). The second-order valence-corrected chi connectivity index (χ2v) is 9.26. The van der Waals surface area contributed by atoms with Gasteiger partial charge in [0.2, 0.25) is 0 Å². The Morgan fingerprint density at radius 1 is 1.15 bits per heavy atom. The van der Waals surface area contributed by atoms with Crippen LogP contribution in [0.25, 0.3) is 10.9 Å². The largest absolute Gasteiger partial charge is 0.497 e. The summed E-state index contributed by atoms with van der Waals surface area (Å²) in [5.41, 5.74) is 8.21. The van der Waals surface area contributed by atoms with Crippen LogP contribution in [-0.4, -0.2) is 53.5 Å². The lowest BCUT2D eigenvalue weighted by molar-refractivity contribution is 0.0289. The highest BCUT2D eigenvalue weighted by atomic mass is 16.6. The van der Waals surface area contributed by atoms with Gasteiger partial charge in [0.1, 0.15) is 22.9 Å². The fourth-order valence-electron chi connectivity index (χ4n) is 4.11. The zero-order valence-corrected chi connectivity index (χ0v) is 20.2. The maximum Gasteiger partial charge on any atom is 0.410 e. The van der Waals surface area contributed by atoms with Crippen LogP contribution in [0.4, 0.5) is 10.6 Å². The molecule has 1 amide bonds. The topological polar surface area (TPSA) is 91.8 Å². The van der Waals surface area contributed by atoms with Crippen molar-refractivity contribution >= 4 is 22.8 Å². The number of nitrogen functional groups attached to an aromatic ring is 1. The summed E-state index contributed by atoms with van der Waals surface area (Å²) >= 11 is 0. The van der Waals surface area contributed by atoms with Gasteiger partial charge in [-0.25, -0.2) is 9.78 Å². The van der Waals surface area contributed by atoms with E-state index in [0.29, 0.717) is 30.4 Å². The Kier molecular flexibility index (Phi) is 6.29. The summed E-state index contributed by atoms with van der Waals surface area (Å²) in [6.45, 7) is 6.80. The number of aromatic nitrogens is 2. The number of fused-ring (bicyclic) bond motifs is 1. The predicted molar refractivity (Wildman–Crippen MR) is 131 cm³/mol. The number of carbonyl (C=O) groups is 1. The summed E-state index contributed by atoms with van der Waals surface area (Å²) < 4.78 is 18.4. The highest BCUT2D eigenvalue weighted by Gasteiger charge is 2.31. The Balaban J connectivity index is 1.67. The second kappa shape index (κ2) is 9.18. The maximum absolute atomic E-state index is 12.5. The van der Waals surface area contributed by atoms with E-state index in [4.69, 9.17) is 19.9 Å².